The van der Waals surface area contributed by atoms with Crippen molar-refractivity contribution >= 4 is 5.91 Å². The summed E-state index contributed by atoms with van der Waals surface area (Å²) in [6.07, 6.45) is 8.88. The first kappa shape index (κ1) is 13.8. The predicted molar refractivity (Wildman–Crippen MR) is 71.2 cm³/mol. The SMILES string of the molecule is O=C(CNC1CC1)NCCCC1CCCCC1O. The molecule has 2 aliphatic rings. The molecule has 0 aromatic rings. The van der Waals surface area contributed by atoms with E-state index in [9.17, 15) is 9.90 Å². The van der Waals surface area contributed by atoms with Gasteiger partial charge in [0.2, 0.25) is 5.91 Å². The first-order valence-electron chi connectivity index (χ1n) is 7.44. The maximum Gasteiger partial charge on any atom is 0.233 e. The monoisotopic (exact) mass is 254 g/mol. The highest BCUT2D eigenvalue weighted by Crippen LogP contribution is 2.27. The maximum absolute atomic E-state index is 11.5. The van der Waals surface area contributed by atoms with E-state index in [1.165, 1.54) is 25.7 Å². The Balaban J connectivity index is 1.47. The average Bonchev–Trinajstić information content (AvgIpc) is 3.18. The summed E-state index contributed by atoms with van der Waals surface area (Å²) in [5.41, 5.74) is 0. The summed E-state index contributed by atoms with van der Waals surface area (Å²) in [7, 11) is 0. The average molecular weight is 254 g/mol. The number of aliphatic hydroxyl groups excluding tert-OH is 1. The maximum atomic E-state index is 11.5. The molecule has 1 amide bonds. The first-order valence-corrected chi connectivity index (χ1v) is 7.44. The smallest absolute Gasteiger partial charge is 0.233 e. The Bertz CT molecular complexity index is 267. The van der Waals surface area contributed by atoms with E-state index in [1.807, 2.05) is 0 Å². The molecule has 3 N–H and O–H groups in total. The topological polar surface area (TPSA) is 61.4 Å². The molecule has 0 aliphatic heterocycles. The molecule has 104 valence electrons. The summed E-state index contributed by atoms with van der Waals surface area (Å²) in [6, 6.07) is 0.591. The second-order valence-corrected chi connectivity index (χ2v) is 5.76. The highest BCUT2D eigenvalue weighted by molar-refractivity contribution is 5.78. The first-order chi connectivity index (χ1) is 8.75. The standard InChI is InChI=1S/C14H26N2O2/c17-13-6-2-1-4-11(13)5-3-9-15-14(18)10-16-12-7-8-12/h11-13,16-17H,1-10H2,(H,15,18). The molecule has 0 saturated heterocycles. The summed E-state index contributed by atoms with van der Waals surface area (Å²) < 4.78 is 0. The molecule has 2 fully saturated rings. The number of carbonyl (C=O) groups excluding carboxylic acids is 1. The Morgan fingerprint density at radius 1 is 1.17 bits per heavy atom. The minimum absolute atomic E-state index is 0.103. The molecular formula is C14H26N2O2. The van der Waals surface area contributed by atoms with Gasteiger partial charge in [0.25, 0.3) is 0 Å². The van der Waals surface area contributed by atoms with Crippen LogP contribution in [0.15, 0.2) is 0 Å². The molecule has 0 heterocycles. The highest BCUT2D eigenvalue weighted by Gasteiger charge is 2.22. The van der Waals surface area contributed by atoms with Crippen LogP contribution in [0.5, 0.6) is 0 Å². The van der Waals surface area contributed by atoms with Crippen molar-refractivity contribution in [1.82, 2.24) is 10.6 Å². The highest BCUT2D eigenvalue weighted by atomic mass is 16.3. The van der Waals surface area contributed by atoms with Gasteiger partial charge in [-0.25, -0.2) is 0 Å². The van der Waals surface area contributed by atoms with Gasteiger partial charge in [0, 0.05) is 12.6 Å². The van der Waals surface area contributed by atoms with Crippen molar-refractivity contribution < 1.29 is 9.90 Å². The molecule has 2 saturated carbocycles. The minimum Gasteiger partial charge on any atom is -0.393 e. The summed E-state index contributed by atoms with van der Waals surface area (Å²) in [5.74, 6) is 0.561. The molecule has 2 rings (SSSR count). The van der Waals surface area contributed by atoms with Crippen LogP contribution in [0.1, 0.15) is 51.4 Å². The Hall–Kier alpha value is -0.610. The van der Waals surface area contributed by atoms with Gasteiger partial charge in [-0.05, 0) is 44.4 Å². The van der Waals surface area contributed by atoms with Crippen LogP contribution in [0, 0.1) is 5.92 Å². The van der Waals surface area contributed by atoms with Crippen LogP contribution in [0.2, 0.25) is 0 Å². The van der Waals surface area contributed by atoms with E-state index in [-0.39, 0.29) is 12.0 Å². The predicted octanol–water partition coefficient (Wildman–Crippen LogP) is 1.19. The molecule has 2 aliphatic carbocycles. The second kappa shape index (κ2) is 7.10. The van der Waals surface area contributed by atoms with Gasteiger partial charge in [-0.3, -0.25) is 4.79 Å². The van der Waals surface area contributed by atoms with Crippen molar-refractivity contribution in [3.05, 3.63) is 0 Å². The van der Waals surface area contributed by atoms with Crippen molar-refractivity contribution in [2.75, 3.05) is 13.1 Å². The summed E-state index contributed by atoms with van der Waals surface area (Å²) >= 11 is 0. The van der Waals surface area contributed by atoms with E-state index in [2.05, 4.69) is 10.6 Å². The lowest BCUT2D eigenvalue weighted by Crippen LogP contribution is -2.35. The number of hydrogen-bond donors (Lipinski definition) is 3. The van der Waals surface area contributed by atoms with Crippen molar-refractivity contribution in [1.29, 1.82) is 0 Å². The third-order valence-corrected chi connectivity index (χ3v) is 4.07. The number of carbonyl (C=O) groups is 1. The molecule has 0 radical (unpaired) electrons. The molecule has 4 heteroatoms. The van der Waals surface area contributed by atoms with Gasteiger partial charge >= 0.3 is 0 Å². The number of amides is 1. The van der Waals surface area contributed by atoms with Crippen molar-refractivity contribution in [3.8, 4) is 0 Å². The van der Waals surface area contributed by atoms with Gasteiger partial charge in [0.05, 0.1) is 12.6 Å². The van der Waals surface area contributed by atoms with Gasteiger partial charge in [0.1, 0.15) is 0 Å². The molecule has 2 atom stereocenters. The summed E-state index contributed by atoms with van der Waals surface area (Å²) in [4.78, 5) is 11.5. The summed E-state index contributed by atoms with van der Waals surface area (Å²) in [5, 5.41) is 16.0. The van der Waals surface area contributed by atoms with Crippen LogP contribution < -0.4 is 10.6 Å². The fraction of sp³-hybridized carbons (Fsp3) is 0.929. The Kier molecular flexibility index (Phi) is 5.45. The van der Waals surface area contributed by atoms with Crippen LogP contribution in [0.4, 0.5) is 0 Å². The summed E-state index contributed by atoms with van der Waals surface area (Å²) in [6.45, 7) is 1.20. The van der Waals surface area contributed by atoms with Gasteiger partial charge in [-0.2, -0.15) is 0 Å². The van der Waals surface area contributed by atoms with Crippen LogP contribution >= 0.6 is 0 Å². The van der Waals surface area contributed by atoms with E-state index in [1.54, 1.807) is 0 Å². The number of rotatable bonds is 7. The zero-order valence-corrected chi connectivity index (χ0v) is 11.2. The normalized spacial score (nSPS) is 28.1. The lowest BCUT2D eigenvalue weighted by molar-refractivity contribution is -0.120. The zero-order chi connectivity index (χ0) is 12.8. The Labute approximate surface area is 110 Å². The van der Waals surface area contributed by atoms with Crippen LogP contribution in [0.3, 0.4) is 0 Å². The molecule has 0 bridgehead atoms. The second-order valence-electron chi connectivity index (χ2n) is 5.76. The third kappa shape index (κ3) is 4.94. The quantitative estimate of drug-likeness (QED) is 0.598. The molecule has 0 aromatic carbocycles. The zero-order valence-electron chi connectivity index (χ0n) is 11.2. The van der Waals surface area contributed by atoms with Crippen molar-refractivity contribution in [2.45, 2.75) is 63.5 Å². The van der Waals surface area contributed by atoms with Crippen molar-refractivity contribution in [2.24, 2.45) is 5.92 Å². The number of hydrogen-bond acceptors (Lipinski definition) is 3. The molecule has 2 unspecified atom stereocenters. The van der Waals surface area contributed by atoms with E-state index in [0.717, 1.165) is 32.2 Å². The minimum atomic E-state index is -0.106. The van der Waals surface area contributed by atoms with Crippen LogP contribution in [0.25, 0.3) is 0 Å². The van der Waals surface area contributed by atoms with Gasteiger partial charge in [0.15, 0.2) is 0 Å². The molecule has 0 spiro atoms. The van der Waals surface area contributed by atoms with E-state index in [0.29, 0.717) is 18.5 Å². The van der Waals surface area contributed by atoms with Gasteiger partial charge < -0.3 is 15.7 Å². The molecule has 18 heavy (non-hydrogen) atoms. The molecule has 4 nitrogen and oxygen atoms in total. The lowest BCUT2D eigenvalue weighted by Gasteiger charge is -2.27. The Morgan fingerprint density at radius 3 is 2.67 bits per heavy atom. The van der Waals surface area contributed by atoms with Crippen LogP contribution in [-0.4, -0.2) is 36.2 Å². The molecular weight excluding hydrogens is 228 g/mol. The van der Waals surface area contributed by atoms with Crippen molar-refractivity contribution in [3.63, 3.8) is 0 Å². The fourth-order valence-corrected chi connectivity index (χ4v) is 2.70. The van der Waals surface area contributed by atoms with Gasteiger partial charge in [-0.1, -0.05) is 12.8 Å². The number of nitrogens with one attached hydrogen (secondary N) is 2. The fourth-order valence-electron chi connectivity index (χ4n) is 2.70. The number of aliphatic hydroxyl groups is 1. The van der Waals surface area contributed by atoms with Crippen LogP contribution in [-0.2, 0) is 4.79 Å². The molecule has 0 aromatic heterocycles. The largest absolute Gasteiger partial charge is 0.393 e. The lowest BCUT2D eigenvalue weighted by atomic mass is 9.83. The van der Waals surface area contributed by atoms with E-state index < -0.39 is 0 Å². The van der Waals surface area contributed by atoms with E-state index >= 15 is 0 Å². The van der Waals surface area contributed by atoms with E-state index in [4.69, 9.17) is 0 Å². The third-order valence-electron chi connectivity index (χ3n) is 4.07. The van der Waals surface area contributed by atoms with Gasteiger partial charge in [-0.15, -0.1) is 0 Å². The Morgan fingerprint density at radius 2 is 1.94 bits per heavy atom.